The van der Waals surface area contributed by atoms with Crippen molar-refractivity contribution in [2.75, 3.05) is 20.8 Å². The Morgan fingerprint density at radius 1 is 1.29 bits per heavy atom. The number of benzene rings is 1. The Kier molecular flexibility index (Phi) is 6.06. The monoisotopic (exact) mass is 332 g/mol. The molecule has 0 saturated carbocycles. The number of methoxy groups -OCH3 is 2. The highest BCUT2D eigenvalue weighted by atomic mass is 16.5. The number of nitrogens with one attached hydrogen (secondary N) is 2. The van der Waals surface area contributed by atoms with E-state index in [1.165, 1.54) is 0 Å². The predicted molar refractivity (Wildman–Crippen MR) is 91.4 cm³/mol. The quantitative estimate of drug-likeness (QED) is 0.813. The average Bonchev–Trinajstić information content (AvgIpc) is 2.99. The number of nitrogens with zero attached hydrogens (tertiary/aromatic N) is 2. The van der Waals surface area contributed by atoms with Crippen LogP contribution in [0.4, 0.5) is 4.79 Å². The van der Waals surface area contributed by atoms with Crippen molar-refractivity contribution < 1.29 is 14.3 Å². The van der Waals surface area contributed by atoms with E-state index in [9.17, 15) is 4.79 Å². The zero-order chi connectivity index (χ0) is 17.5. The first-order chi connectivity index (χ1) is 11.5. The van der Waals surface area contributed by atoms with E-state index < -0.39 is 0 Å². The number of carbonyl (C=O) groups is 1. The van der Waals surface area contributed by atoms with Gasteiger partial charge in [0.2, 0.25) is 0 Å². The normalized spacial score (nSPS) is 11.7. The van der Waals surface area contributed by atoms with Crippen LogP contribution in [0.25, 0.3) is 0 Å². The molecular formula is C17H24N4O3. The summed E-state index contributed by atoms with van der Waals surface area (Å²) in [5.41, 5.74) is 2.03. The standard InChI is InChI=1S/C17H24N4O3/c1-12(14-5-6-15(23-3)16(9-14)24-4)20-17(22)18-8-7-13-10-19-21(2)11-13/h5-6,9-12H,7-8H2,1-4H3,(H2,18,20,22)/t12-/m1/s1. The number of amides is 2. The molecule has 0 aliphatic heterocycles. The summed E-state index contributed by atoms with van der Waals surface area (Å²) < 4.78 is 12.2. The third-order valence-corrected chi connectivity index (χ3v) is 3.71. The summed E-state index contributed by atoms with van der Waals surface area (Å²) in [5.74, 6) is 1.30. The Balaban J connectivity index is 1.84. The highest BCUT2D eigenvalue weighted by Gasteiger charge is 2.12. The molecule has 7 nitrogen and oxygen atoms in total. The Morgan fingerprint density at radius 2 is 2.04 bits per heavy atom. The molecule has 0 unspecified atom stereocenters. The highest BCUT2D eigenvalue weighted by Crippen LogP contribution is 2.29. The van der Waals surface area contributed by atoms with Crippen molar-refractivity contribution in [3.8, 4) is 11.5 Å². The molecule has 0 saturated heterocycles. The second-order valence-electron chi connectivity index (χ2n) is 5.51. The molecule has 2 rings (SSSR count). The maximum absolute atomic E-state index is 12.0. The van der Waals surface area contributed by atoms with Gasteiger partial charge < -0.3 is 20.1 Å². The van der Waals surface area contributed by atoms with Crippen LogP contribution in [-0.2, 0) is 13.5 Å². The van der Waals surface area contributed by atoms with Gasteiger partial charge in [-0.15, -0.1) is 0 Å². The van der Waals surface area contributed by atoms with E-state index in [0.29, 0.717) is 18.0 Å². The number of rotatable bonds is 7. The molecule has 0 radical (unpaired) electrons. The molecule has 1 atom stereocenters. The zero-order valence-corrected chi connectivity index (χ0v) is 14.5. The van der Waals surface area contributed by atoms with Gasteiger partial charge in [0.25, 0.3) is 0 Å². The molecule has 1 aromatic heterocycles. The maximum atomic E-state index is 12.0. The molecular weight excluding hydrogens is 308 g/mol. The van der Waals surface area contributed by atoms with Crippen molar-refractivity contribution in [1.29, 1.82) is 0 Å². The molecule has 2 N–H and O–H groups in total. The van der Waals surface area contributed by atoms with Gasteiger partial charge in [-0.05, 0) is 36.6 Å². The summed E-state index contributed by atoms with van der Waals surface area (Å²) in [6.45, 7) is 2.47. The number of urea groups is 1. The fourth-order valence-electron chi connectivity index (χ4n) is 2.37. The summed E-state index contributed by atoms with van der Waals surface area (Å²) >= 11 is 0. The Hall–Kier alpha value is -2.70. The molecule has 130 valence electrons. The topological polar surface area (TPSA) is 77.4 Å². The van der Waals surface area contributed by atoms with Crippen molar-refractivity contribution in [2.45, 2.75) is 19.4 Å². The van der Waals surface area contributed by atoms with E-state index in [1.54, 1.807) is 25.1 Å². The van der Waals surface area contributed by atoms with E-state index in [-0.39, 0.29) is 12.1 Å². The molecule has 0 spiro atoms. The summed E-state index contributed by atoms with van der Waals surface area (Å²) in [6, 6.07) is 5.23. The Labute approximate surface area is 142 Å². The van der Waals surface area contributed by atoms with Crippen LogP contribution in [0, 0.1) is 0 Å². The largest absolute Gasteiger partial charge is 0.493 e. The zero-order valence-electron chi connectivity index (χ0n) is 14.5. The minimum Gasteiger partial charge on any atom is -0.493 e. The number of ether oxygens (including phenoxy) is 2. The molecule has 0 aliphatic rings. The fraction of sp³-hybridized carbons (Fsp3) is 0.412. The van der Waals surface area contributed by atoms with Gasteiger partial charge in [-0.2, -0.15) is 5.10 Å². The number of carbonyl (C=O) groups excluding carboxylic acids is 1. The molecule has 0 bridgehead atoms. The molecule has 24 heavy (non-hydrogen) atoms. The second kappa shape index (κ2) is 8.24. The fourth-order valence-corrected chi connectivity index (χ4v) is 2.37. The molecule has 2 aromatic rings. The van der Waals surface area contributed by atoms with Crippen LogP contribution in [-0.4, -0.2) is 36.6 Å². The van der Waals surface area contributed by atoms with Crippen LogP contribution in [0.3, 0.4) is 0 Å². The van der Waals surface area contributed by atoms with Crippen LogP contribution >= 0.6 is 0 Å². The summed E-state index contributed by atoms with van der Waals surface area (Å²) in [5, 5.41) is 9.86. The predicted octanol–water partition coefficient (Wildman–Crippen LogP) is 2.04. The molecule has 1 heterocycles. The molecule has 0 aliphatic carbocycles. The number of aryl methyl sites for hydroxylation is 1. The summed E-state index contributed by atoms with van der Waals surface area (Å²) in [4.78, 5) is 12.0. The van der Waals surface area contributed by atoms with E-state index >= 15 is 0 Å². The van der Waals surface area contributed by atoms with Gasteiger partial charge in [0.15, 0.2) is 11.5 Å². The lowest BCUT2D eigenvalue weighted by Crippen LogP contribution is -2.38. The summed E-state index contributed by atoms with van der Waals surface area (Å²) in [6.07, 6.45) is 4.48. The third kappa shape index (κ3) is 4.65. The van der Waals surface area contributed by atoms with Gasteiger partial charge in [0.1, 0.15) is 0 Å². The average molecular weight is 332 g/mol. The first kappa shape index (κ1) is 17.7. The molecule has 1 aromatic carbocycles. The van der Waals surface area contributed by atoms with Crippen LogP contribution in [0.5, 0.6) is 11.5 Å². The SMILES string of the molecule is COc1ccc([C@@H](C)NC(=O)NCCc2cnn(C)c2)cc1OC. The molecule has 2 amide bonds. The molecule has 7 heteroatoms. The molecule has 0 fully saturated rings. The second-order valence-corrected chi connectivity index (χ2v) is 5.51. The number of aromatic nitrogens is 2. The summed E-state index contributed by atoms with van der Waals surface area (Å²) in [7, 11) is 5.05. The Bertz CT molecular complexity index is 684. The van der Waals surface area contributed by atoms with Crippen molar-refractivity contribution in [3.05, 3.63) is 41.7 Å². The first-order valence-electron chi connectivity index (χ1n) is 7.77. The van der Waals surface area contributed by atoms with Gasteiger partial charge in [0.05, 0.1) is 26.5 Å². The van der Waals surface area contributed by atoms with E-state index in [2.05, 4.69) is 15.7 Å². The van der Waals surface area contributed by atoms with Crippen LogP contribution in [0.15, 0.2) is 30.6 Å². The van der Waals surface area contributed by atoms with Gasteiger partial charge in [-0.3, -0.25) is 4.68 Å². The van der Waals surface area contributed by atoms with Crippen molar-refractivity contribution >= 4 is 6.03 Å². The van der Waals surface area contributed by atoms with Crippen LogP contribution in [0.2, 0.25) is 0 Å². The van der Waals surface area contributed by atoms with Gasteiger partial charge >= 0.3 is 6.03 Å². The maximum Gasteiger partial charge on any atom is 0.315 e. The first-order valence-corrected chi connectivity index (χ1v) is 7.77. The van der Waals surface area contributed by atoms with Crippen LogP contribution < -0.4 is 20.1 Å². The third-order valence-electron chi connectivity index (χ3n) is 3.71. The van der Waals surface area contributed by atoms with E-state index in [0.717, 1.165) is 17.5 Å². The lowest BCUT2D eigenvalue weighted by Gasteiger charge is -2.17. The highest BCUT2D eigenvalue weighted by molar-refractivity contribution is 5.74. The Morgan fingerprint density at radius 3 is 2.67 bits per heavy atom. The smallest absolute Gasteiger partial charge is 0.315 e. The van der Waals surface area contributed by atoms with Crippen molar-refractivity contribution in [2.24, 2.45) is 7.05 Å². The lowest BCUT2D eigenvalue weighted by atomic mass is 10.1. The van der Waals surface area contributed by atoms with Gasteiger partial charge in [-0.1, -0.05) is 6.07 Å². The van der Waals surface area contributed by atoms with Crippen LogP contribution in [0.1, 0.15) is 24.1 Å². The number of hydrogen-bond acceptors (Lipinski definition) is 4. The van der Waals surface area contributed by atoms with E-state index in [4.69, 9.17) is 9.47 Å². The minimum atomic E-state index is -0.207. The van der Waals surface area contributed by atoms with Crippen molar-refractivity contribution in [1.82, 2.24) is 20.4 Å². The van der Waals surface area contributed by atoms with Crippen molar-refractivity contribution in [3.63, 3.8) is 0 Å². The number of hydrogen-bond donors (Lipinski definition) is 2. The van der Waals surface area contributed by atoms with Gasteiger partial charge in [0, 0.05) is 19.8 Å². The van der Waals surface area contributed by atoms with E-state index in [1.807, 2.05) is 38.4 Å². The van der Waals surface area contributed by atoms with Gasteiger partial charge in [-0.25, -0.2) is 4.79 Å². The minimum absolute atomic E-state index is 0.150. The lowest BCUT2D eigenvalue weighted by molar-refractivity contribution is 0.238.